The van der Waals surface area contributed by atoms with Crippen molar-refractivity contribution in [3.8, 4) is 0 Å². The highest BCUT2D eigenvalue weighted by Gasteiger charge is 2.55. The van der Waals surface area contributed by atoms with E-state index in [4.69, 9.17) is 23.2 Å². The molecular weight excluding hydrogens is 547 g/mol. The fraction of sp³-hybridized carbons (Fsp3) is 0.500. The molecule has 0 unspecified atom stereocenters. The van der Waals surface area contributed by atoms with E-state index in [0.717, 1.165) is 24.0 Å². The first-order valence-electron chi connectivity index (χ1n) is 12.8. The lowest BCUT2D eigenvalue weighted by atomic mass is 9.67. The smallest absolute Gasteiger partial charge is 0.304 e. The molecule has 1 heterocycles. The van der Waals surface area contributed by atoms with Gasteiger partial charge in [-0.2, -0.15) is 0 Å². The number of hydrogen-bond acceptors (Lipinski definition) is 4. The van der Waals surface area contributed by atoms with E-state index in [2.05, 4.69) is 4.72 Å². The lowest BCUT2D eigenvalue weighted by Crippen LogP contribution is -2.58. The van der Waals surface area contributed by atoms with Crippen molar-refractivity contribution >= 4 is 45.1 Å². The summed E-state index contributed by atoms with van der Waals surface area (Å²) in [7, 11) is -3.72. The summed E-state index contributed by atoms with van der Waals surface area (Å²) in [6.45, 7) is 5.19. The number of amides is 1. The monoisotopic (exact) mass is 580 g/mol. The number of piperidine rings is 1. The highest BCUT2D eigenvalue weighted by atomic mass is 35.5. The van der Waals surface area contributed by atoms with E-state index < -0.39 is 33.5 Å². The average molecular weight is 582 g/mol. The highest BCUT2D eigenvalue weighted by Crippen LogP contribution is 2.54. The van der Waals surface area contributed by atoms with Gasteiger partial charge in [-0.15, -0.1) is 0 Å². The number of likely N-dealkylation sites (tertiary alicyclic amines) is 1. The van der Waals surface area contributed by atoms with E-state index in [9.17, 15) is 23.1 Å². The normalized spacial score (nSPS) is 25.0. The number of carbonyl (C=O) groups is 2. The van der Waals surface area contributed by atoms with E-state index in [1.807, 2.05) is 30.3 Å². The zero-order valence-corrected chi connectivity index (χ0v) is 24.1. The number of benzene rings is 2. The predicted octanol–water partition coefficient (Wildman–Crippen LogP) is 5.64. The molecule has 4 rings (SSSR count). The van der Waals surface area contributed by atoms with Crippen molar-refractivity contribution in [2.75, 3.05) is 5.75 Å². The van der Waals surface area contributed by atoms with Crippen LogP contribution in [-0.2, 0) is 19.6 Å². The topological polar surface area (TPSA) is 104 Å². The Bertz CT molecular complexity index is 1300. The molecule has 2 aliphatic rings. The molecule has 1 amide bonds. The molecule has 7 nitrogen and oxygen atoms in total. The van der Waals surface area contributed by atoms with Gasteiger partial charge >= 0.3 is 5.97 Å². The van der Waals surface area contributed by atoms with Gasteiger partial charge in [0.15, 0.2) is 0 Å². The SMILES string of the molecule is CC(C)NS(=O)(=O)C[C@H](C1CC1)N1C(=O)[C@](C)(CC(=O)O)C[C@H](c2cccc(Cl)c2)[C@H]1c1ccc(Cl)cc1. The molecule has 10 heteroatoms. The van der Waals surface area contributed by atoms with E-state index in [1.54, 1.807) is 43.9 Å². The molecule has 0 spiro atoms. The molecule has 0 bridgehead atoms. The first kappa shape index (κ1) is 28.9. The number of nitrogens with zero attached hydrogens (tertiary/aromatic N) is 1. The first-order valence-corrected chi connectivity index (χ1v) is 15.3. The summed E-state index contributed by atoms with van der Waals surface area (Å²) < 4.78 is 29.0. The van der Waals surface area contributed by atoms with E-state index in [0.29, 0.717) is 10.0 Å². The maximum absolute atomic E-state index is 14.4. The van der Waals surface area contributed by atoms with Crippen LogP contribution in [0.1, 0.15) is 69.5 Å². The number of halogens is 2. The van der Waals surface area contributed by atoms with Crippen molar-refractivity contribution in [3.63, 3.8) is 0 Å². The molecule has 206 valence electrons. The maximum Gasteiger partial charge on any atom is 0.304 e. The van der Waals surface area contributed by atoms with Crippen molar-refractivity contribution in [2.45, 2.75) is 70.5 Å². The lowest BCUT2D eigenvalue weighted by molar-refractivity contribution is -0.160. The van der Waals surface area contributed by atoms with Crippen molar-refractivity contribution in [2.24, 2.45) is 11.3 Å². The summed E-state index contributed by atoms with van der Waals surface area (Å²) in [5, 5.41) is 10.9. The van der Waals surface area contributed by atoms with Gasteiger partial charge in [-0.1, -0.05) is 54.4 Å². The minimum absolute atomic E-state index is 0.00433. The molecule has 2 aromatic rings. The van der Waals surface area contributed by atoms with Crippen LogP contribution in [0.5, 0.6) is 0 Å². The van der Waals surface area contributed by atoms with Gasteiger partial charge in [-0.3, -0.25) is 9.59 Å². The van der Waals surface area contributed by atoms with Gasteiger partial charge in [0.05, 0.1) is 29.7 Å². The summed E-state index contributed by atoms with van der Waals surface area (Å²) in [4.78, 5) is 28.0. The van der Waals surface area contributed by atoms with Crippen molar-refractivity contribution in [1.29, 1.82) is 0 Å². The fourth-order valence-electron chi connectivity index (χ4n) is 5.80. The number of sulfonamides is 1. The number of aliphatic carboxylic acids is 1. The van der Waals surface area contributed by atoms with Crippen LogP contribution in [0, 0.1) is 11.3 Å². The summed E-state index contributed by atoms with van der Waals surface area (Å²) in [5.74, 6) is -1.98. The number of hydrogen-bond donors (Lipinski definition) is 2. The molecule has 2 aromatic carbocycles. The second-order valence-electron chi connectivity index (χ2n) is 11.2. The molecular formula is C28H34Cl2N2O5S. The largest absolute Gasteiger partial charge is 0.481 e. The molecule has 2 N–H and O–H groups in total. The van der Waals surface area contributed by atoms with Crippen LogP contribution in [0.25, 0.3) is 0 Å². The standard InChI is InChI=1S/C28H34Cl2N2O5S/c1-17(2)31-38(36,37)16-24(18-7-8-18)32-26(19-9-11-21(29)12-10-19)23(20-5-4-6-22(30)13-20)14-28(3,27(32)35)15-25(33)34/h4-6,9-13,17-18,23-24,26,31H,7-8,14-16H2,1-3H3,(H,33,34)/t23-,24-,26-,28+/m1/s1. The number of nitrogens with one attached hydrogen (secondary N) is 1. The summed E-state index contributed by atoms with van der Waals surface area (Å²) >= 11 is 12.6. The molecule has 1 aliphatic carbocycles. The van der Waals surface area contributed by atoms with Gasteiger partial charge in [0.1, 0.15) is 0 Å². The molecule has 38 heavy (non-hydrogen) atoms. The lowest BCUT2D eigenvalue weighted by Gasteiger charge is -2.52. The molecule has 4 atom stereocenters. The van der Waals surface area contributed by atoms with E-state index in [1.165, 1.54) is 0 Å². The Morgan fingerprint density at radius 3 is 2.32 bits per heavy atom. The molecule has 1 aliphatic heterocycles. The number of carboxylic acid groups (broad SMARTS) is 1. The van der Waals surface area contributed by atoms with Gasteiger partial charge in [0, 0.05) is 22.0 Å². The van der Waals surface area contributed by atoms with Gasteiger partial charge in [-0.25, -0.2) is 13.1 Å². The van der Waals surface area contributed by atoms with Crippen molar-refractivity contribution in [3.05, 3.63) is 69.7 Å². The van der Waals surface area contributed by atoms with Crippen LogP contribution < -0.4 is 4.72 Å². The van der Waals surface area contributed by atoms with Gasteiger partial charge < -0.3 is 10.0 Å². The zero-order valence-electron chi connectivity index (χ0n) is 21.7. The molecule has 1 saturated heterocycles. The van der Waals surface area contributed by atoms with Crippen molar-refractivity contribution < 1.29 is 23.1 Å². The van der Waals surface area contributed by atoms with Gasteiger partial charge in [0.2, 0.25) is 15.9 Å². The summed E-state index contributed by atoms with van der Waals surface area (Å²) in [5.41, 5.74) is 0.443. The fourth-order valence-corrected chi connectivity index (χ4v) is 7.82. The van der Waals surface area contributed by atoms with Crippen molar-refractivity contribution in [1.82, 2.24) is 9.62 Å². The number of carbonyl (C=O) groups excluding carboxylic acids is 1. The summed E-state index contributed by atoms with van der Waals surface area (Å²) in [6, 6.07) is 13.2. The van der Waals surface area contributed by atoms with Crippen LogP contribution in [0.4, 0.5) is 0 Å². The average Bonchev–Trinajstić information content (AvgIpc) is 3.64. The Balaban J connectivity index is 1.91. The molecule has 2 fully saturated rings. The highest BCUT2D eigenvalue weighted by molar-refractivity contribution is 7.89. The molecule has 0 aromatic heterocycles. The minimum atomic E-state index is -3.72. The predicted molar refractivity (Wildman–Crippen MR) is 149 cm³/mol. The Labute approximate surface area is 234 Å². The third-order valence-electron chi connectivity index (χ3n) is 7.46. The second kappa shape index (κ2) is 11.2. The minimum Gasteiger partial charge on any atom is -0.481 e. The second-order valence-corrected chi connectivity index (χ2v) is 13.8. The Morgan fingerprint density at radius 1 is 1.11 bits per heavy atom. The molecule has 1 saturated carbocycles. The van der Waals surface area contributed by atoms with Gasteiger partial charge in [-0.05, 0) is 74.4 Å². The van der Waals surface area contributed by atoms with E-state index >= 15 is 0 Å². The van der Waals surface area contributed by atoms with Crippen LogP contribution in [0.2, 0.25) is 10.0 Å². The van der Waals surface area contributed by atoms with Crippen LogP contribution >= 0.6 is 23.2 Å². The van der Waals surface area contributed by atoms with Crippen LogP contribution in [0.15, 0.2) is 48.5 Å². The Kier molecular flexibility index (Phi) is 8.48. The first-order chi connectivity index (χ1) is 17.8. The van der Waals surface area contributed by atoms with Crippen LogP contribution in [-0.4, -0.2) is 48.1 Å². The number of carboxylic acids is 1. The van der Waals surface area contributed by atoms with Gasteiger partial charge in [0.25, 0.3) is 0 Å². The maximum atomic E-state index is 14.4. The van der Waals surface area contributed by atoms with E-state index in [-0.39, 0.29) is 42.4 Å². The quantitative estimate of drug-likeness (QED) is 0.378. The third-order valence-corrected chi connectivity index (χ3v) is 9.56. The molecule has 0 radical (unpaired) electrons. The number of rotatable bonds is 10. The Morgan fingerprint density at radius 2 is 1.76 bits per heavy atom. The third kappa shape index (κ3) is 6.53. The Hall–Kier alpha value is -2.13. The van der Waals surface area contributed by atoms with Crippen LogP contribution in [0.3, 0.4) is 0 Å². The zero-order chi connectivity index (χ0) is 27.8. The summed E-state index contributed by atoms with van der Waals surface area (Å²) in [6.07, 6.45) is 1.52.